The van der Waals surface area contributed by atoms with E-state index in [2.05, 4.69) is 21.8 Å². The molecule has 1 aliphatic heterocycles. The van der Waals surface area contributed by atoms with Crippen LogP contribution in [0.25, 0.3) is 10.6 Å². The van der Waals surface area contributed by atoms with Crippen molar-refractivity contribution in [2.75, 3.05) is 44.8 Å². The number of benzene rings is 1. The highest BCUT2D eigenvalue weighted by atomic mass is 32.2. The maximum atomic E-state index is 6.05. The maximum Gasteiger partial charge on any atom is 0.191 e. The van der Waals surface area contributed by atoms with Crippen LogP contribution in [0.1, 0.15) is 23.9 Å². The molecular formula is C22H28N6O2S2. The van der Waals surface area contributed by atoms with E-state index in [9.17, 15) is 0 Å². The monoisotopic (exact) mass is 472 g/mol. The van der Waals surface area contributed by atoms with Crippen molar-refractivity contribution in [3.63, 3.8) is 0 Å². The second-order valence-electron chi connectivity index (χ2n) is 7.44. The van der Waals surface area contributed by atoms with Gasteiger partial charge in [0.1, 0.15) is 23.3 Å². The van der Waals surface area contributed by atoms with Crippen LogP contribution in [0, 0.1) is 0 Å². The molecule has 170 valence electrons. The Kier molecular flexibility index (Phi) is 7.33. The molecule has 1 aromatic carbocycles. The van der Waals surface area contributed by atoms with E-state index in [1.165, 1.54) is 23.1 Å². The predicted octanol–water partition coefficient (Wildman–Crippen LogP) is 3.71. The van der Waals surface area contributed by atoms with Crippen molar-refractivity contribution >= 4 is 34.7 Å². The molecule has 32 heavy (non-hydrogen) atoms. The van der Waals surface area contributed by atoms with Gasteiger partial charge < -0.3 is 20.9 Å². The van der Waals surface area contributed by atoms with E-state index in [0.717, 1.165) is 53.8 Å². The smallest absolute Gasteiger partial charge is 0.191 e. The Hall–Kier alpha value is -2.56. The van der Waals surface area contributed by atoms with Crippen molar-refractivity contribution < 1.29 is 9.47 Å². The minimum atomic E-state index is 0.370. The van der Waals surface area contributed by atoms with E-state index < -0.39 is 0 Å². The van der Waals surface area contributed by atoms with Crippen LogP contribution >= 0.6 is 23.1 Å². The second kappa shape index (κ2) is 10.4. The van der Waals surface area contributed by atoms with Gasteiger partial charge in [-0.3, -0.25) is 4.90 Å². The van der Waals surface area contributed by atoms with Crippen LogP contribution in [-0.2, 0) is 12.2 Å². The molecule has 0 atom stereocenters. The molecule has 1 saturated heterocycles. The number of rotatable bonds is 10. The van der Waals surface area contributed by atoms with Crippen LogP contribution < -0.4 is 20.9 Å². The number of aryl methyl sites for hydroxylation is 1. The number of ether oxygens (including phenoxy) is 2. The first-order valence-electron chi connectivity index (χ1n) is 10.6. The number of hydrogen-bond acceptors (Lipinski definition) is 10. The lowest BCUT2D eigenvalue weighted by molar-refractivity contribution is 0.145. The average Bonchev–Trinajstić information content (AvgIpc) is 3.16. The number of anilines is 2. The lowest BCUT2D eigenvalue weighted by atomic mass is 10.2. The van der Waals surface area contributed by atoms with Crippen LogP contribution in [0.5, 0.6) is 11.5 Å². The zero-order chi connectivity index (χ0) is 22.5. The van der Waals surface area contributed by atoms with Gasteiger partial charge in [-0.2, -0.15) is 0 Å². The van der Waals surface area contributed by atoms with E-state index in [1.54, 1.807) is 24.5 Å². The summed E-state index contributed by atoms with van der Waals surface area (Å²) in [5.74, 6) is 2.87. The molecule has 3 aromatic rings. The first-order chi connectivity index (χ1) is 15.6. The van der Waals surface area contributed by atoms with Gasteiger partial charge in [-0.25, -0.2) is 15.0 Å². The van der Waals surface area contributed by atoms with Crippen molar-refractivity contribution in [1.82, 2.24) is 19.9 Å². The third-order valence-corrected chi connectivity index (χ3v) is 7.36. The van der Waals surface area contributed by atoms with Crippen LogP contribution in [0.2, 0.25) is 0 Å². The Morgan fingerprint density at radius 1 is 1.09 bits per heavy atom. The van der Waals surface area contributed by atoms with Crippen LogP contribution in [0.4, 0.5) is 11.6 Å². The van der Waals surface area contributed by atoms with E-state index >= 15 is 0 Å². The molecule has 4 rings (SSSR count). The molecule has 3 heterocycles. The standard InChI is InChI=1S/C22H28N6O2S2/c1-3-18-15(13-31-22-26-19(23)12-20(24)27-22)25-21(32-18)14-5-6-16(29-2)17(11-14)30-10-9-28-7-4-8-28/h5-6,11-12H,3-4,7-10,13H2,1-2H3,(H4,23,24,26,27). The quantitative estimate of drug-likeness (QED) is 0.337. The number of aromatic nitrogens is 3. The Morgan fingerprint density at radius 3 is 2.53 bits per heavy atom. The fourth-order valence-electron chi connectivity index (χ4n) is 3.37. The van der Waals surface area contributed by atoms with Gasteiger partial charge in [0.2, 0.25) is 0 Å². The molecule has 2 aromatic heterocycles. The van der Waals surface area contributed by atoms with Gasteiger partial charge in [-0.15, -0.1) is 11.3 Å². The Labute approximate surface area is 196 Å². The molecular weight excluding hydrogens is 444 g/mol. The number of nitrogens with two attached hydrogens (primary N) is 2. The van der Waals surface area contributed by atoms with E-state index in [-0.39, 0.29) is 0 Å². The average molecular weight is 473 g/mol. The zero-order valence-corrected chi connectivity index (χ0v) is 20.0. The first-order valence-corrected chi connectivity index (χ1v) is 12.4. The molecule has 4 N–H and O–H groups in total. The highest BCUT2D eigenvalue weighted by Crippen LogP contribution is 2.36. The molecule has 0 amide bonds. The summed E-state index contributed by atoms with van der Waals surface area (Å²) in [6, 6.07) is 7.54. The zero-order valence-electron chi connectivity index (χ0n) is 18.3. The molecule has 10 heteroatoms. The number of hydrogen-bond donors (Lipinski definition) is 2. The Morgan fingerprint density at radius 2 is 1.88 bits per heavy atom. The van der Waals surface area contributed by atoms with Crippen LogP contribution in [0.15, 0.2) is 29.4 Å². The number of thiazole rings is 1. The summed E-state index contributed by atoms with van der Waals surface area (Å²) in [4.78, 5) is 17.0. The Balaban J connectivity index is 1.49. The number of thioether (sulfide) groups is 1. The van der Waals surface area contributed by atoms with Crippen molar-refractivity contribution in [1.29, 1.82) is 0 Å². The molecule has 0 aliphatic carbocycles. The third kappa shape index (κ3) is 5.43. The van der Waals surface area contributed by atoms with Crippen molar-refractivity contribution in [3.8, 4) is 22.1 Å². The van der Waals surface area contributed by atoms with Crippen LogP contribution in [0.3, 0.4) is 0 Å². The normalized spacial score (nSPS) is 13.7. The fraction of sp³-hybridized carbons (Fsp3) is 0.409. The van der Waals surface area contributed by atoms with Gasteiger partial charge in [0.15, 0.2) is 16.7 Å². The van der Waals surface area contributed by atoms with Gasteiger partial charge in [0.05, 0.1) is 12.8 Å². The van der Waals surface area contributed by atoms with Gasteiger partial charge in [0, 0.05) is 28.8 Å². The maximum absolute atomic E-state index is 6.05. The Bertz CT molecular complexity index is 1050. The predicted molar refractivity (Wildman–Crippen MR) is 130 cm³/mol. The molecule has 0 spiro atoms. The molecule has 0 unspecified atom stereocenters. The molecule has 8 nitrogen and oxygen atoms in total. The van der Waals surface area contributed by atoms with Crippen molar-refractivity contribution in [3.05, 3.63) is 34.8 Å². The minimum Gasteiger partial charge on any atom is -0.493 e. The highest BCUT2D eigenvalue weighted by Gasteiger charge is 2.16. The molecule has 0 radical (unpaired) electrons. The summed E-state index contributed by atoms with van der Waals surface area (Å²) in [5.41, 5.74) is 13.6. The number of likely N-dealkylation sites (tertiary alicyclic amines) is 1. The van der Waals surface area contributed by atoms with Gasteiger partial charge >= 0.3 is 0 Å². The first kappa shape index (κ1) is 22.6. The number of nitrogens with zero attached hydrogens (tertiary/aromatic N) is 4. The van der Waals surface area contributed by atoms with Crippen LogP contribution in [-0.4, -0.2) is 53.2 Å². The summed E-state index contributed by atoms with van der Waals surface area (Å²) < 4.78 is 11.6. The topological polar surface area (TPSA) is 112 Å². The van der Waals surface area contributed by atoms with E-state index in [4.69, 9.17) is 25.9 Å². The van der Waals surface area contributed by atoms with E-state index in [1.807, 2.05) is 18.2 Å². The lowest BCUT2D eigenvalue weighted by Crippen LogP contribution is -2.39. The van der Waals surface area contributed by atoms with Gasteiger partial charge in [-0.1, -0.05) is 18.7 Å². The largest absolute Gasteiger partial charge is 0.493 e. The number of methoxy groups -OCH3 is 1. The molecule has 1 fully saturated rings. The minimum absolute atomic E-state index is 0.370. The van der Waals surface area contributed by atoms with Crippen molar-refractivity contribution in [2.45, 2.75) is 30.7 Å². The lowest BCUT2D eigenvalue weighted by Gasteiger charge is -2.30. The third-order valence-electron chi connectivity index (χ3n) is 5.21. The summed E-state index contributed by atoms with van der Waals surface area (Å²) in [5, 5.41) is 1.52. The second-order valence-corrected chi connectivity index (χ2v) is 9.47. The summed E-state index contributed by atoms with van der Waals surface area (Å²) in [6.07, 6.45) is 2.18. The highest BCUT2D eigenvalue weighted by molar-refractivity contribution is 7.98. The molecule has 0 bridgehead atoms. The number of nitrogen functional groups attached to an aromatic ring is 2. The van der Waals surface area contributed by atoms with E-state index in [0.29, 0.717) is 29.2 Å². The van der Waals surface area contributed by atoms with Crippen molar-refractivity contribution in [2.24, 2.45) is 0 Å². The fourth-order valence-corrected chi connectivity index (χ4v) is 5.32. The van der Waals surface area contributed by atoms with Gasteiger partial charge in [-0.05, 0) is 44.1 Å². The summed E-state index contributed by atoms with van der Waals surface area (Å²) in [6.45, 7) is 6.03. The molecule has 1 aliphatic rings. The van der Waals surface area contributed by atoms with Gasteiger partial charge in [0.25, 0.3) is 0 Å². The molecule has 0 saturated carbocycles. The summed E-state index contributed by atoms with van der Waals surface area (Å²) >= 11 is 3.18. The SMILES string of the molecule is CCc1sc(-c2ccc(OC)c(OCCN3CCC3)c2)nc1CSc1nc(N)cc(N)n1. The summed E-state index contributed by atoms with van der Waals surface area (Å²) in [7, 11) is 1.66.